The third kappa shape index (κ3) is 10.1. The maximum Gasteiger partial charge on any atom is 0.264 e. The summed E-state index contributed by atoms with van der Waals surface area (Å²) in [5, 5.41) is 33.1. The second kappa shape index (κ2) is 20.3. The summed E-state index contributed by atoms with van der Waals surface area (Å²) in [6, 6.07) is 13.8. The topological polar surface area (TPSA) is 239 Å². The van der Waals surface area contributed by atoms with Gasteiger partial charge in [0.2, 0.25) is 22.9 Å². The van der Waals surface area contributed by atoms with Crippen molar-refractivity contribution in [3.05, 3.63) is 71.5 Å². The first kappa shape index (κ1) is 44.7. The minimum atomic E-state index is -1.03. The molecule has 20 nitrogen and oxygen atoms in total. The van der Waals surface area contributed by atoms with Crippen LogP contribution in [0, 0.1) is 11.3 Å². The quantitative estimate of drug-likeness (QED) is 0.0797. The predicted octanol–water partition coefficient (Wildman–Crippen LogP) is 3.21. The molecule has 4 aromatic heterocycles. The van der Waals surface area contributed by atoms with Gasteiger partial charge in [-0.1, -0.05) is 17.4 Å². The smallest absolute Gasteiger partial charge is 0.264 e. The lowest BCUT2D eigenvalue weighted by molar-refractivity contribution is -0.136. The van der Waals surface area contributed by atoms with E-state index in [0.29, 0.717) is 77.0 Å². The highest BCUT2D eigenvalue weighted by atomic mass is 32.1. The third-order valence-corrected chi connectivity index (χ3v) is 12.0. The third-order valence-electron chi connectivity index (χ3n) is 11.0. The summed E-state index contributed by atoms with van der Waals surface area (Å²) in [6.07, 6.45) is 3.75. The number of imide groups is 2. The van der Waals surface area contributed by atoms with Crippen LogP contribution in [0.25, 0.3) is 27.5 Å². The standard InChI is InChI=1S/C44H48N12O8S/c1-27(2)49-33-23-34(35-7-6-29-22-28(24-45)25-48-56(29)35)47-26-31(33)41-51-52-44(65-41)54-14-12-53(13-15-54)38(58)10-16-62-18-20-64-21-19-63-17-11-46-32-5-3-4-30-39(32)43(61)55(42(30)60)36-8-9-37(57)50-40(36)59/h3-7,22-23,25-27,36,46H,8-21H2,1-2H3,(H,47,49)(H,50,57,59). The van der Waals surface area contributed by atoms with Crippen LogP contribution in [-0.4, -0.2) is 149 Å². The van der Waals surface area contributed by atoms with Gasteiger partial charge in [-0.3, -0.25) is 39.2 Å². The zero-order valence-electron chi connectivity index (χ0n) is 35.9. The fraction of sp³-hybridized carbons (Fsp3) is 0.409. The summed E-state index contributed by atoms with van der Waals surface area (Å²) in [6.45, 7) is 8.81. The Hall–Kier alpha value is -6.86. The molecule has 3 N–H and O–H groups in total. The molecule has 1 unspecified atom stereocenters. The van der Waals surface area contributed by atoms with E-state index in [1.165, 1.54) is 17.5 Å². The van der Waals surface area contributed by atoms with Crippen molar-refractivity contribution in [2.24, 2.45) is 0 Å². The number of fused-ring (bicyclic) bond motifs is 2. The number of piperidine rings is 1. The van der Waals surface area contributed by atoms with Crippen LogP contribution in [0.1, 0.15) is 59.4 Å². The molecule has 338 valence electrons. The zero-order valence-corrected chi connectivity index (χ0v) is 36.8. The molecule has 3 aliphatic heterocycles. The van der Waals surface area contributed by atoms with Gasteiger partial charge in [0.1, 0.15) is 12.1 Å². The number of aromatic nitrogens is 5. The van der Waals surface area contributed by atoms with E-state index in [-0.39, 0.29) is 48.9 Å². The number of nitrogens with one attached hydrogen (secondary N) is 3. The van der Waals surface area contributed by atoms with Gasteiger partial charge in [0, 0.05) is 62.8 Å². The second-order valence-electron chi connectivity index (χ2n) is 15.8. The van der Waals surface area contributed by atoms with E-state index in [1.54, 1.807) is 35.0 Å². The summed E-state index contributed by atoms with van der Waals surface area (Å²) in [7, 11) is 0. The predicted molar refractivity (Wildman–Crippen MR) is 238 cm³/mol. The van der Waals surface area contributed by atoms with Crippen LogP contribution >= 0.6 is 11.3 Å². The van der Waals surface area contributed by atoms with Crippen LogP contribution in [0.4, 0.5) is 16.5 Å². The first-order valence-corrected chi connectivity index (χ1v) is 22.2. The minimum absolute atomic E-state index is 0.0284. The van der Waals surface area contributed by atoms with Gasteiger partial charge in [0.25, 0.3) is 11.8 Å². The van der Waals surface area contributed by atoms with Gasteiger partial charge in [-0.15, -0.1) is 10.2 Å². The van der Waals surface area contributed by atoms with Crippen LogP contribution in [0.5, 0.6) is 0 Å². The lowest BCUT2D eigenvalue weighted by Crippen LogP contribution is -2.54. The van der Waals surface area contributed by atoms with Crippen molar-refractivity contribution in [1.82, 2.24) is 39.9 Å². The van der Waals surface area contributed by atoms with Crippen LogP contribution in [0.2, 0.25) is 0 Å². The number of nitriles is 1. The highest BCUT2D eigenvalue weighted by molar-refractivity contribution is 7.18. The van der Waals surface area contributed by atoms with Gasteiger partial charge in [-0.2, -0.15) is 10.4 Å². The Balaban J connectivity index is 0.704. The van der Waals surface area contributed by atoms with Gasteiger partial charge >= 0.3 is 0 Å². The number of piperazine rings is 1. The molecule has 2 fully saturated rings. The SMILES string of the molecule is CC(C)Nc1cc(-c2ccc3cc(C#N)cnn23)ncc1-c1nnc(N2CCN(C(=O)CCOCCOCCOCCNc3cccc4c3C(=O)N(C3CCC(=O)NC3=O)C4=O)CC2)s1. The number of amides is 5. The maximum absolute atomic E-state index is 13.2. The Morgan fingerprint density at radius 1 is 0.908 bits per heavy atom. The number of hydrogen-bond acceptors (Lipinski definition) is 17. The van der Waals surface area contributed by atoms with Crippen LogP contribution in [-0.2, 0) is 28.6 Å². The minimum Gasteiger partial charge on any atom is -0.382 e. The Labute approximate surface area is 377 Å². The number of hydrogen-bond donors (Lipinski definition) is 3. The van der Waals surface area contributed by atoms with Gasteiger partial charge in [-0.05, 0) is 56.7 Å². The summed E-state index contributed by atoms with van der Waals surface area (Å²) in [5.41, 5.74) is 5.38. The number of nitrogens with zero attached hydrogens (tertiary/aromatic N) is 9. The van der Waals surface area contributed by atoms with Gasteiger partial charge < -0.3 is 34.6 Å². The van der Waals surface area contributed by atoms with Crippen molar-refractivity contribution in [3.8, 4) is 28.0 Å². The van der Waals surface area contributed by atoms with E-state index < -0.39 is 29.7 Å². The molecule has 2 saturated heterocycles. The van der Waals surface area contributed by atoms with E-state index in [2.05, 4.69) is 56.1 Å². The molecule has 8 rings (SSSR count). The molecule has 5 aromatic rings. The number of pyridine rings is 1. The average molecular weight is 905 g/mol. The largest absolute Gasteiger partial charge is 0.382 e. The second-order valence-corrected chi connectivity index (χ2v) is 16.7. The van der Waals surface area contributed by atoms with E-state index in [1.807, 2.05) is 23.1 Å². The first-order chi connectivity index (χ1) is 31.6. The molecular weight excluding hydrogens is 857 g/mol. The molecule has 1 aromatic carbocycles. The summed E-state index contributed by atoms with van der Waals surface area (Å²) >= 11 is 1.48. The molecule has 0 spiro atoms. The Bertz CT molecular complexity index is 2640. The molecular formula is C44H48N12O8S. The number of anilines is 3. The van der Waals surface area contributed by atoms with E-state index in [9.17, 15) is 29.2 Å². The summed E-state index contributed by atoms with van der Waals surface area (Å²) < 4.78 is 18.7. The highest BCUT2D eigenvalue weighted by Gasteiger charge is 2.45. The normalized spacial score (nSPS) is 16.3. The molecule has 0 bridgehead atoms. The highest BCUT2D eigenvalue weighted by Crippen LogP contribution is 2.36. The average Bonchev–Trinajstić information content (AvgIpc) is 4.03. The van der Waals surface area contributed by atoms with Crippen molar-refractivity contribution in [2.45, 2.75) is 45.2 Å². The molecule has 7 heterocycles. The Morgan fingerprint density at radius 2 is 1.68 bits per heavy atom. The monoisotopic (exact) mass is 904 g/mol. The Kier molecular flexibility index (Phi) is 14.0. The molecule has 0 radical (unpaired) electrons. The fourth-order valence-corrected chi connectivity index (χ4v) is 8.75. The maximum atomic E-state index is 13.2. The lowest BCUT2D eigenvalue weighted by atomic mass is 10.0. The van der Waals surface area contributed by atoms with E-state index >= 15 is 0 Å². The number of ether oxygens (including phenoxy) is 3. The van der Waals surface area contributed by atoms with Crippen molar-refractivity contribution in [1.29, 1.82) is 5.26 Å². The number of carbonyl (C=O) groups is 5. The molecule has 0 aliphatic carbocycles. The zero-order chi connectivity index (χ0) is 45.5. The Morgan fingerprint density at radius 3 is 2.43 bits per heavy atom. The number of carbonyl (C=O) groups excluding carboxylic acids is 5. The summed E-state index contributed by atoms with van der Waals surface area (Å²) in [5.74, 6) is -2.19. The van der Waals surface area contributed by atoms with Crippen LogP contribution in [0.15, 0.2) is 54.9 Å². The fourth-order valence-electron chi connectivity index (χ4n) is 7.83. The first-order valence-electron chi connectivity index (χ1n) is 21.4. The van der Waals surface area contributed by atoms with Crippen LogP contribution < -0.4 is 20.9 Å². The molecule has 1 atom stereocenters. The lowest BCUT2D eigenvalue weighted by Gasteiger charge is -2.34. The molecule has 0 saturated carbocycles. The molecule has 5 amide bonds. The van der Waals surface area contributed by atoms with Gasteiger partial charge in [0.05, 0.1) is 91.4 Å². The van der Waals surface area contributed by atoms with Gasteiger partial charge in [-0.25, -0.2) is 4.52 Å². The molecule has 3 aliphatic rings. The van der Waals surface area contributed by atoms with E-state index in [4.69, 9.17) is 19.2 Å². The number of rotatable bonds is 19. The van der Waals surface area contributed by atoms with Crippen molar-refractivity contribution in [3.63, 3.8) is 0 Å². The van der Waals surface area contributed by atoms with Crippen molar-refractivity contribution < 1.29 is 38.2 Å². The van der Waals surface area contributed by atoms with Crippen molar-refractivity contribution >= 4 is 62.9 Å². The number of benzene rings is 1. The van der Waals surface area contributed by atoms with E-state index in [0.717, 1.165) is 43.2 Å². The van der Waals surface area contributed by atoms with Crippen molar-refractivity contribution in [2.75, 3.05) is 87.9 Å². The van der Waals surface area contributed by atoms with Gasteiger partial charge in [0.15, 0.2) is 5.01 Å². The molecule has 21 heteroatoms. The van der Waals surface area contributed by atoms with Crippen LogP contribution in [0.3, 0.4) is 0 Å². The summed E-state index contributed by atoms with van der Waals surface area (Å²) in [4.78, 5) is 72.9. The molecule has 65 heavy (non-hydrogen) atoms.